The van der Waals surface area contributed by atoms with Crippen molar-refractivity contribution in [1.82, 2.24) is 5.32 Å². The van der Waals surface area contributed by atoms with Crippen LogP contribution in [0.4, 0.5) is 26.3 Å². The van der Waals surface area contributed by atoms with Crippen LogP contribution in [0.3, 0.4) is 0 Å². The Morgan fingerprint density at radius 1 is 1.04 bits per heavy atom. The van der Waals surface area contributed by atoms with E-state index in [4.69, 9.17) is 4.74 Å². The summed E-state index contributed by atoms with van der Waals surface area (Å²) in [7, 11) is 0. The van der Waals surface area contributed by atoms with E-state index in [9.17, 15) is 26.3 Å². The molecule has 0 saturated carbocycles. The van der Waals surface area contributed by atoms with Crippen molar-refractivity contribution in [3.05, 3.63) is 23.8 Å². The first-order chi connectivity index (χ1) is 10.6. The van der Waals surface area contributed by atoms with Crippen molar-refractivity contribution in [2.75, 3.05) is 19.7 Å². The minimum Gasteiger partial charge on any atom is -0.484 e. The SMILES string of the molecule is Cl.FC(F)(F)COc1cc(OC(F)(F)F)ccc1C1CCNCC1. The monoisotopic (exact) mass is 379 g/mol. The smallest absolute Gasteiger partial charge is 0.484 e. The summed E-state index contributed by atoms with van der Waals surface area (Å²) in [6.07, 6.45) is -8.16. The molecule has 1 fully saturated rings. The van der Waals surface area contributed by atoms with Crippen LogP contribution < -0.4 is 14.8 Å². The van der Waals surface area contributed by atoms with E-state index in [0.29, 0.717) is 31.5 Å². The van der Waals surface area contributed by atoms with E-state index in [0.717, 1.165) is 12.1 Å². The van der Waals surface area contributed by atoms with E-state index in [1.54, 1.807) is 0 Å². The van der Waals surface area contributed by atoms with Crippen LogP contribution in [0.1, 0.15) is 24.3 Å². The standard InChI is InChI=1S/C14H15F6NO2.ClH/c15-13(16,17)8-22-12-7-10(23-14(18,19)20)1-2-11(12)9-3-5-21-6-4-9;/h1-2,7,9,21H,3-6,8H2;1H. The molecule has 0 radical (unpaired) electrons. The minimum atomic E-state index is -4.92. The normalized spacial score (nSPS) is 16.4. The van der Waals surface area contributed by atoms with Gasteiger partial charge in [-0.25, -0.2) is 0 Å². The summed E-state index contributed by atoms with van der Waals surface area (Å²) in [5.41, 5.74) is 0.463. The Bertz CT molecular complexity index is 529. The van der Waals surface area contributed by atoms with Crippen LogP contribution in [-0.4, -0.2) is 32.2 Å². The summed E-state index contributed by atoms with van der Waals surface area (Å²) in [6.45, 7) is -0.200. The second-order valence-corrected chi connectivity index (χ2v) is 5.18. The molecule has 0 spiro atoms. The largest absolute Gasteiger partial charge is 0.573 e. The molecule has 1 aliphatic heterocycles. The molecule has 10 heteroatoms. The molecule has 3 nitrogen and oxygen atoms in total. The van der Waals surface area contributed by atoms with Gasteiger partial charge in [-0.05, 0) is 43.5 Å². The Morgan fingerprint density at radius 3 is 2.21 bits per heavy atom. The molecule has 0 bridgehead atoms. The van der Waals surface area contributed by atoms with E-state index < -0.39 is 24.9 Å². The molecule has 0 unspecified atom stereocenters. The summed E-state index contributed by atoms with van der Waals surface area (Å²) in [4.78, 5) is 0. The van der Waals surface area contributed by atoms with E-state index in [2.05, 4.69) is 10.1 Å². The Kier molecular flexibility index (Phi) is 7.03. The second-order valence-electron chi connectivity index (χ2n) is 5.18. The zero-order chi connectivity index (χ0) is 17.1. The van der Waals surface area contributed by atoms with Crippen molar-refractivity contribution in [1.29, 1.82) is 0 Å². The summed E-state index contributed by atoms with van der Waals surface area (Å²) in [6, 6.07) is 3.28. The van der Waals surface area contributed by atoms with E-state index >= 15 is 0 Å². The van der Waals surface area contributed by atoms with Crippen molar-refractivity contribution < 1.29 is 35.8 Å². The molecule has 1 aliphatic rings. The fraction of sp³-hybridized carbons (Fsp3) is 0.571. The number of hydrogen-bond acceptors (Lipinski definition) is 3. The zero-order valence-electron chi connectivity index (χ0n) is 12.3. The van der Waals surface area contributed by atoms with Gasteiger partial charge >= 0.3 is 12.5 Å². The van der Waals surface area contributed by atoms with Crippen molar-refractivity contribution in [2.45, 2.75) is 31.3 Å². The maximum atomic E-state index is 12.3. The van der Waals surface area contributed by atoms with Crippen LogP contribution in [0.2, 0.25) is 0 Å². The van der Waals surface area contributed by atoms with Gasteiger partial charge in [-0.2, -0.15) is 13.2 Å². The molecular weight excluding hydrogens is 364 g/mol. The molecule has 1 heterocycles. The maximum Gasteiger partial charge on any atom is 0.573 e. The third-order valence-corrected chi connectivity index (χ3v) is 3.39. The average molecular weight is 380 g/mol. The Labute approximate surface area is 140 Å². The van der Waals surface area contributed by atoms with Gasteiger partial charge in [-0.15, -0.1) is 25.6 Å². The molecule has 1 aromatic carbocycles. The Balaban J connectivity index is 0.00000288. The van der Waals surface area contributed by atoms with Gasteiger partial charge in [0.2, 0.25) is 0 Å². The first-order valence-electron chi connectivity index (χ1n) is 6.94. The highest BCUT2D eigenvalue weighted by Crippen LogP contribution is 2.37. The summed E-state index contributed by atoms with van der Waals surface area (Å²) in [5.74, 6) is -0.900. The van der Waals surface area contributed by atoms with Crippen LogP contribution in [0.5, 0.6) is 11.5 Å². The van der Waals surface area contributed by atoms with Gasteiger partial charge in [0.05, 0.1) is 0 Å². The molecule has 0 aromatic heterocycles. The molecule has 138 valence electrons. The predicted molar refractivity (Wildman–Crippen MR) is 76.8 cm³/mol. The maximum absolute atomic E-state index is 12.3. The summed E-state index contributed by atoms with van der Waals surface area (Å²) in [5, 5.41) is 3.11. The van der Waals surface area contributed by atoms with Crippen LogP contribution in [-0.2, 0) is 0 Å². The predicted octanol–water partition coefficient (Wildman–Crippen LogP) is 4.42. The summed E-state index contributed by atoms with van der Waals surface area (Å²) < 4.78 is 82.2. The third kappa shape index (κ3) is 6.64. The lowest BCUT2D eigenvalue weighted by Crippen LogP contribution is -2.27. The van der Waals surface area contributed by atoms with Gasteiger partial charge in [-0.3, -0.25) is 0 Å². The van der Waals surface area contributed by atoms with Gasteiger partial charge in [0, 0.05) is 6.07 Å². The molecule has 1 saturated heterocycles. The lowest BCUT2D eigenvalue weighted by Gasteiger charge is -2.25. The number of halogens is 7. The third-order valence-electron chi connectivity index (χ3n) is 3.39. The van der Waals surface area contributed by atoms with Crippen LogP contribution in [0.15, 0.2) is 18.2 Å². The van der Waals surface area contributed by atoms with Gasteiger partial charge in [0.15, 0.2) is 6.61 Å². The number of hydrogen-bond donors (Lipinski definition) is 1. The first kappa shape index (κ1) is 20.7. The van der Waals surface area contributed by atoms with Gasteiger partial charge in [0.1, 0.15) is 11.5 Å². The number of nitrogens with one attached hydrogen (secondary N) is 1. The minimum absolute atomic E-state index is 0. The molecule has 24 heavy (non-hydrogen) atoms. The number of alkyl halides is 6. The van der Waals surface area contributed by atoms with Gasteiger partial charge in [-0.1, -0.05) is 6.07 Å². The molecular formula is C14H16ClF6NO2. The highest BCUT2D eigenvalue weighted by molar-refractivity contribution is 5.85. The van der Waals surface area contributed by atoms with Crippen molar-refractivity contribution in [3.8, 4) is 11.5 Å². The lowest BCUT2D eigenvalue weighted by atomic mass is 9.89. The Hall–Kier alpha value is -1.35. The lowest BCUT2D eigenvalue weighted by molar-refractivity contribution is -0.274. The highest BCUT2D eigenvalue weighted by Gasteiger charge is 2.33. The van der Waals surface area contributed by atoms with Crippen LogP contribution in [0, 0.1) is 0 Å². The molecule has 1 N–H and O–H groups in total. The topological polar surface area (TPSA) is 30.5 Å². The number of ether oxygens (including phenoxy) is 2. The van der Waals surface area contributed by atoms with Gasteiger partial charge in [0.25, 0.3) is 0 Å². The molecule has 0 aliphatic carbocycles. The number of benzene rings is 1. The molecule has 0 atom stereocenters. The number of rotatable bonds is 4. The molecule has 1 aromatic rings. The van der Waals surface area contributed by atoms with Crippen LogP contribution >= 0.6 is 12.4 Å². The first-order valence-corrected chi connectivity index (χ1v) is 6.94. The number of piperidine rings is 1. The van der Waals surface area contributed by atoms with Crippen molar-refractivity contribution >= 4 is 12.4 Å². The Morgan fingerprint density at radius 2 is 1.67 bits per heavy atom. The second kappa shape index (κ2) is 8.15. The molecule has 0 amide bonds. The van der Waals surface area contributed by atoms with Crippen LogP contribution in [0.25, 0.3) is 0 Å². The van der Waals surface area contributed by atoms with Crippen molar-refractivity contribution in [2.24, 2.45) is 0 Å². The van der Waals surface area contributed by atoms with E-state index in [1.165, 1.54) is 6.07 Å². The average Bonchev–Trinajstić information content (AvgIpc) is 2.44. The van der Waals surface area contributed by atoms with E-state index in [-0.39, 0.29) is 24.1 Å². The quantitative estimate of drug-likeness (QED) is 0.786. The zero-order valence-corrected chi connectivity index (χ0v) is 13.2. The molecule has 2 rings (SSSR count). The fourth-order valence-corrected chi connectivity index (χ4v) is 2.47. The van der Waals surface area contributed by atoms with Crippen molar-refractivity contribution in [3.63, 3.8) is 0 Å². The van der Waals surface area contributed by atoms with Gasteiger partial charge < -0.3 is 14.8 Å². The fourth-order valence-electron chi connectivity index (χ4n) is 2.47. The van der Waals surface area contributed by atoms with E-state index in [1.807, 2.05) is 0 Å². The highest BCUT2D eigenvalue weighted by atomic mass is 35.5. The summed E-state index contributed by atoms with van der Waals surface area (Å²) >= 11 is 0.